The van der Waals surface area contributed by atoms with Gasteiger partial charge >= 0.3 is 0 Å². The lowest BCUT2D eigenvalue weighted by Crippen LogP contribution is -2.17. The molecule has 1 amide bonds. The van der Waals surface area contributed by atoms with Gasteiger partial charge in [-0.15, -0.1) is 11.3 Å². The highest BCUT2D eigenvalue weighted by atomic mass is 32.1. The van der Waals surface area contributed by atoms with Gasteiger partial charge in [0.2, 0.25) is 0 Å². The van der Waals surface area contributed by atoms with E-state index >= 15 is 0 Å². The van der Waals surface area contributed by atoms with Crippen molar-refractivity contribution in [3.8, 4) is 5.75 Å². The van der Waals surface area contributed by atoms with Crippen molar-refractivity contribution in [3.63, 3.8) is 0 Å². The van der Waals surface area contributed by atoms with Gasteiger partial charge in [0, 0.05) is 21.7 Å². The molecule has 6 nitrogen and oxygen atoms in total. The van der Waals surface area contributed by atoms with Crippen molar-refractivity contribution < 1.29 is 13.9 Å². The van der Waals surface area contributed by atoms with Crippen LogP contribution in [0.15, 0.2) is 71.3 Å². The number of aryl methyl sites for hydroxylation is 2. The van der Waals surface area contributed by atoms with Gasteiger partial charge in [0.1, 0.15) is 16.6 Å². The van der Waals surface area contributed by atoms with E-state index in [0.29, 0.717) is 0 Å². The summed E-state index contributed by atoms with van der Waals surface area (Å²) >= 11 is 1.56. The van der Waals surface area contributed by atoms with Crippen molar-refractivity contribution >= 4 is 28.1 Å². The molecule has 164 valence electrons. The number of carbonyl (C=O) groups is 1. The molecule has 0 aliphatic carbocycles. The van der Waals surface area contributed by atoms with Crippen molar-refractivity contribution in [1.82, 2.24) is 4.98 Å². The molecule has 0 bridgehead atoms. The van der Waals surface area contributed by atoms with Crippen LogP contribution in [-0.2, 0) is 6.42 Å². The normalized spacial score (nSPS) is 11.7. The van der Waals surface area contributed by atoms with Gasteiger partial charge in [0.25, 0.3) is 5.91 Å². The van der Waals surface area contributed by atoms with E-state index in [4.69, 9.17) is 9.15 Å². The zero-order chi connectivity index (χ0) is 22.5. The molecule has 3 aromatic heterocycles. The van der Waals surface area contributed by atoms with Crippen LogP contribution >= 0.6 is 11.3 Å². The zero-order valence-corrected chi connectivity index (χ0v) is 19.0. The first-order chi connectivity index (χ1) is 15.6. The third kappa shape index (κ3) is 4.68. The maximum Gasteiger partial charge on any atom is 0.291 e. The fourth-order valence-electron chi connectivity index (χ4n) is 3.52. The molecule has 1 aromatic carbocycles. The maximum absolute atomic E-state index is 12.8. The van der Waals surface area contributed by atoms with Crippen LogP contribution < -0.4 is 15.4 Å². The van der Waals surface area contributed by atoms with Gasteiger partial charge < -0.3 is 19.8 Å². The highest BCUT2D eigenvalue weighted by Crippen LogP contribution is 2.40. The second-order valence-corrected chi connectivity index (χ2v) is 8.40. The van der Waals surface area contributed by atoms with Crippen molar-refractivity contribution in [2.24, 2.45) is 0 Å². The van der Waals surface area contributed by atoms with Crippen LogP contribution in [0.5, 0.6) is 5.75 Å². The molecule has 2 N–H and O–H groups in total. The average Bonchev–Trinajstić information content (AvgIpc) is 3.48. The Morgan fingerprint density at radius 3 is 2.69 bits per heavy atom. The van der Waals surface area contributed by atoms with E-state index in [1.54, 1.807) is 30.6 Å². The Morgan fingerprint density at radius 2 is 1.97 bits per heavy atom. The number of para-hydroxylation sites is 1. The molecule has 0 aliphatic heterocycles. The van der Waals surface area contributed by atoms with Gasteiger partial charge in [-0.1, -0.05) is 31.2 Å². The van der Waals surface area contributed by atoms with E-state index in [-0.39, 0.29) is 17.7 Å². The topological polar surface area (TPSA) is 76.4 Å². The lowest BCUT2D eigenvalue weighted by atomic mass is 9.98. The summed E-state index contributed by atoms with van der Waals surface area (Å²) in [4.78, 5) is 18.5. The Labute approximate surface area is 191 Å². The number of thiophene rings is 1. The number of aromatic nitrogens is 1. The number of ether oxygens (including phenoxy) is 1. The van der Waals surface area contributed by atoms with Crippen LogP contribution in [0.2, 0.25) is 0 Å². The van der Waals surface area contributed by atoms with E-state index in [0.717, 1.165) is 44.7 Å². The number of amides is 1. The number of carbonyl (C=O) groups excluding carboxylic acids is 1. The number of anilines is 2. The highest BCUT2D eigenvalue weighted by molar-refractivity contribution is 7.16. The van der Waals surface area contributed by atoms with E-state index < -0.39 is 0 Å². The second-order valence-electron chi connectivity index (χ2n) is 7.27. The Morgan fingerprint density at radius 1 is 1.12 bits per heavy atom. The first kappa shape index (κ1) is 21.6. The van der Waals surface area contributed by atoms with Crippen molar-refractivity contribution in [1.29, 1.82) is 0 Å². The molecule has 3 heterocycles. The lowest BCUT2D eigenvalue weighted by molar-refractivity contribution is 0.0997. The first-order valence-electron chi connectivity index (χ1n) is 10.4. The van der Waals surface area contributed by atoms with E-state index in [2.05, 4.69) is 28.6 Å². The average molecular weight is 448 g/mol. The fraction of sp³-hybridized carbons (Fsp3) is 0.200. The van der Waals surface area contributed by atoms with Gasteiger partial charge in [-0.2, -0.15) is 0 Å². The Kier molecular flexibility index (Phi) is 6.56. The summed E-state index contributed by atoms with van der Waals surface area (Å²) < 4.78 is 10.9. The number of furan rings is 1. The molecule has 7 heteroatoms. The van der Waals surface area contributed by atoms with Gasteiger partial charge in [0.05, 0.1) is 19.4 Å². The highest BCUT2D eigenvalue weighted by Gasteiger charge is 2.25. The Balaban J connectivity index is 1.79. The number of nitrogens with zero attached hydrogens (tertiary/aromatic N) is 1. The lowest BCUT2D eigenvalue weighted by Gasteiger charge is -2.23. The van der Waals surface area contributed by atoms with Crippen LogP contribution in [-0.4, -0.2) is 18.0 Å². The van der Waals surface area contributed by atoms with Gasteiger partial charge in [0.15, 0.2) is 5.76 Å². The number of methoxy groups -OCH3 is 1. The van der Waals surface area contributed by atoms with E-state index in [1.165, 1.54) is 6.26 Å². The molecule has 4 rings (SSSR count). The minimum atomic E-state index is -0.288. The van der Waals surface area contributed by atoms with Crippen LogP contribution in [0.25, 0.3) is 0 Å². The van der Waals surface area contributed by atoms with Crippen LogP contribution in [0.3, 0.4) is 0 Å². The summed E-state index contributed by atoms with van der Waals surface area (Å²) in [5, 5.41) is 7.35. The van der Waals surface area contributed by atoms with Crippen LogP contribution in [0, 0.1) is 6.92 Å². The maximum atomic E-state index is 12.8. The summed E-state index contributed by atoms with van der Waals surface area (Å²) in [6.45, 7) is 4.06. The van der Waals surface area contributed by atoms with Crippen molar-refractivity contribution in [2.75, 3.05) is 17.7 Å². The fourth-order valence-corrected chi connectivity index (χ4v) is 4.55. The monoisotopic (exact) mass is 447 g/mol. The quantitative estimate of drug-likeness (QED) is 0.343. The Bertz CT molecular complexity index is 1200. The standard InChI is InChI=1S/C25H25N3O3S/c1-4-17-15-19(25(32-17)28-24(29)21-12-8-14-31-21)23(18-10-5-6-11-20(18)30-3)27-22-13-7-9-16(2)26-22/h5-15,23H,4H2,1-3H3,(H,26,27)(H,28,29). The zero-order valence-electron chi connectivity index (χ0n) is 18.2. The Hall–Kier alpha value is -3.58. The molecule has 0 saturated carbocycles. The SMILES string of the molecule is CCc1cc(C(Nc2cccc(C)n2)c2ccccc2OC)c(NC(=O)c2ccco2)s1. The third-order valence-electron chi connectivity index (χ3n) is 5.07. The van der Waals surface area contributed by atoms with Gasteiger partial charge in [-0.25, -0.2) is 4.98 Å². The van der Waals surface area contributed by atoms with Crippen LogP contribution in [0.4, 0.5) is 10.8 Å². The molecule has 0 fully saturated rings. The molecule has 1 atom stereocenters. The molecular weight excluding hydrogens is 422 g/mol. The third-order valence-corrected chi connectivity index (χ3v) is 6.28. The minimum absolute atomic E-state index is 0.268. The number of hydrogen-bond acceptors (Lipinski definition) is 6. The molecule has 1 unspecified atom stereocenters. The van der Waals surface area contributed by atoms with Crippen molar-refractivity contribution in [2.45, 2.75) is 26.3 Å². The van der Waals surface area contributed by atoms with Gasteiger partial charge in [-0.3, -0.25) is 4.79 Å². The molecule has 4 aromatic rings. The van der Waals surface area contributed by atoms with E-state index in [1.807, 2.05) is 49.4 Å². The number of rotatable bonds is 8. The van der Waals surface area contributed by atoms with E-state index in [9.17, 15) is 4.79 Å². The summed E-state index contributed by atoms with van der Waals surface area (Å²) in [6, 6.07) is 18.9. The van der Waals surface area contributed by atoms with Gasteiger partial charge in [-0.05, 0) is 49.7 Å². The minimum Gasteiger partial charge on any atom is -0.496 e. The van der Waals surface area contributed by atoms with Crippen molar-refractivity contribution in [3.05, 3.63) is 94.4 Å². The molecule has 0 spiro atoms. The number of nitrogens with one attached hydrogen (secondary N) is 2. The molecular formula is C25H25N3O3S. The smallest absolute Gasteiger partial charge is 0.291 e. The number of pyridine rings is 1. The molecule has 0 radical (unpaired) electrons. The summed E-state index contributed by atoms with van der Waals surface area (Å²) in [5.74, 6) is 1.48. The predicted molar refractivity (Wildman–Crippen MR) is 128 cm³/mol. The second kappa shape index (κ2) is 9.70. The number of hydrogen-bond donors (Lipinski definition) is 2. The number of benzene rings is 1. The van der Waals surface area contributed by atoms with Crippen LogP contribution in [0.1, 0.15) is 45.2 Å². The predicted octanol–water partition coefficient (Wildman–Crippen LogP) is 6.07. The summed E-state index contributed by atoms with van der Waals surface area (Å²) in [7, 11) is 1.66. The summed E-state index contributed by atoms with van der Waals surface area (Å²) in [6.07, 6.45) is 2.35. The summed E-state index contributed by atoms with van der Waals surface area (Å²) in [5.41, 5.74) is 2.81. The first-order valence-corrected chi connectivity index (χ1v) is 11.2. The largest absolute Gasteiger partial charge is 0.496 e. The molecule has 32 heavy (non-hydrogen) atoms. The molecule has 0 saturated heterocycles. The molecule has 0 aliphatic rings.